The maximum absolute atomic E-state index is 13.3. The normalized spacial score (nSPS) is 11.3. The molecule has 0 amide bonds. The molecule has 2 aromatic carbocycles. The number of anilines is 2. The van der Waals surface area contributed by atoms with Gasteiger partial charge in [0.2, 0.25) is 0 Å². The summed E-state index contributed by atoms with van der Waals surface area (Å²) in [6.07, 6.45) is 0. The van der Waals surface area contributed by atoms with Crippen molar-refractivity contribution in [2.45, 2.75) is 4.90 Å². The van der Waals surface area contributed by atoms with Crippen molar-refractivity contribution in [3.05, 3.63) is 53.1 Å². The molecule has 0 atom stereocenters. The SMILES string of the molecule is Nc1c(F)cccc1S(=O)(=O)Nc1ccc(Cl)c(F)c1. The van der Waals surface area contributed by atoms with Crippen molar-refractivity contribution >= 4 is 33.0 Å². The minimum Gasteiger partial charge on any atom is -0.395 e. The minimum absolute atomic E-state index is 0.0458. The van der Waals surface area contributed by atoms with Gasteiger partial charge < -0.3 is 5.73 Å². The molecule has 20 heavy (non-hydrogen) atoms. The van der Waals surface area contributed by atoms with Crippen molar-refractivity contribution in [2.24, 2.45) is 0 Å². The fourth-order valence-electron chi connectivity index (χ4n) is 1.52. The first kappa shape index (κ1) is 14.5. The highest BCUT2D eigenvalue weighted by molar-refractivity contribution is 7.92. The molecule has 0 aromatic heterocycles. The Kier molecular flexibility index (Phi) is 3.82. The smallest absolute Gasteiger partial charge is 0.264 e. The Bertz CT molecular complexity index is 766. The molecule has 0 unspecified atom stereocenters. The number of halogens is 3. The van der Waals surface area contributed by atoms with Gasteiger partial charge in [0.1, 0.15) is 16.5 Å². The summed E-state index contributed by atoms with van der Waals surface area (Å²) in [7, 11) is -4.12. The summed E-state index contributed by atoms with van der Waals surface area (Å²) in [4.78, 5) is -0.423. The van der Waals surface area contributed by atoms with E-state index in [1.165, 1.54) is 18.2 Å². The molecule has 106 valence electrons. The van der Waals surface area contributed by atoms with Gasteiger partial charge in [-0.05, 0) is 30.3 Å². The average molecular weight is 319 g/mol. The van der Waals surface area contributed by atoms with Crippen LogP contribution in [0.15, 0.2) is 41.3 Å². The Morgan fingerprint density at radius 2 is 1.80 bits per heavy atom. The van der Waals surface area contributed by atoms with E-state index < -0.39 is 32.2 Å². The van der Waals surface area contributed by atoms with Crippen LogP contribution in [0.1, 0.15) is 0 Å². The first-order chi connectivity index (χ1) is 9.31. The highest BCUT2D eigenvalue weighted by atomic mass is 35.5. The van der Waals surface area contributed by atoms with Crippen molar-refractivity contribution in [1.82, 2.24) is 0 Å². The molecule has 2 rings (SSSR count). The van der Waals surface area contributed by atoms with E-state index in [9.17, 15) is 17.2 Å². The fourth-order valence-corrected chi connectivity index (χ4v) is 2.83. The number of benzene rings is 2. The minimum atomic E-state index is -4.12. The third kappa shape index (κ3) is 2.83. The lowest BCUT2D eigenvalue weighted by Gasteiger charge is -2.10. The van der Waals surface area contributed by atoms with E-state index >= 15 is 0 Å². The lowest BCUT2D eigenvalue weighted by atomic mass is 10.3. The zero-order valence-electron chi connectivity index (χ0n) is 9.90. The second-order valence-corrected chi connectivity index (χ2v) is 5.94. The van der Waals surface area contributed by atoms with Crippen molar-refractivity contribution in [1.29, 1.82) is 0 Å². The topological polar surface area (TPSA) is 72.2 Å². The zero-order valence-corrected chi connectivity index (χ0v) is 11.5. The number of nitrogens with one attached hydrogen (secondary N) is 1. The Labute approximate surface area is 119 Å². The van der Waals surface area contributed by atoms with Gasteiger partial charge in [0.05, 0.1) is 16.4 Å². The van der Waals surface area contributed by atoms with Crippen LogP contribution in [0.25, 0.3) is 0 Å². The summed E-state index contributed by atoms with van der Waals surface area (Å²) in [6.45, 7) is 0. The predicted octanol–water partition coefficient (Wildman–Crippen LogP) is 3.00. The predicted molar refractivity (Wildman–Crippen MR) is 73.0 cm³/mol. The van der Waals surface area contributed by atoms with Gasteiger partial charge in [-0.2, -0.15) is 0 Å². The highest BCUT2D eigenvalue weighted by Gasteiger charge is 2.20. The molecular formula is C12H9ClF2N2O2S. The van der Waals surface area contributed by atoms with Gasteiger partial charge in [-0.3, -0.25) is 4.72 Å². The molecule has 0 bridgehead atoms. The van der Waals surface area contributed by atoms with E-state index in [0.29, 0.717) is 0 Å². The summed E-state index contributed by atoms with van der Waals surface area (Å²) >= 11 is 5.49. The Morgan fingerprint density at radius 3 is 2.45 bits per heavy atom. The molecule has 0 aliphatic rings. The van der Waals surface area contributed by atoms with Crippen LogP contribution in [0, 0.1) is 11.6 Å². The van der Waals surface area contributed by atoms with E-state index in [1.54, 1.807) is 0 Å². The Balaban J connectivity index is 2.41. The number of hydrogen-bond donors (Lipinski definition) is 2. The number of nitrogen functional groups attached to an aromatic ring is 1. The molecule has 0 heterocycles. The van der Waals surface area contributed by atoms with Crippen LogP contribution < -0.4 is 10.5 Å². The second kappa shape index (κ2) is 5.26. The molecule has 0 saturated heterocycles. The summed E-state index contributed by atoms with van der Waals surface area (Å²) in [5.74, 6) is -1.63. The number of rotatable bonds is 3. The molecule has 0 aliphatic heterocycles. The molecular weight excluding hydrogens is 310 g/mol. The molecule has 8 heteroatoms. The van der Waals surface area contributed by atoms with Crippen LogP contribution in [0.2, 0.25) is 5.02 Å². The lowest BCUT2D eigenvalue weighted by molar-refractivity contribution is 0.597. The molecule has 4 nitrogen and oxygen atoms in total. The van der Waals surface area contributed by atoms with Crippen molar-refractivity contribution in [3.8, 4) is 0 Å². The Morgan fingerprint density at radius 1 is 1.10 bits per heavy atom. The van der Waals surface area contributed by atoms with E-state index in [-0.39, 0.29) is 10.7 Å². The average Bonchev–Trinajstić information content (AvgIpc) is 2.36. The van der Waals surface area contributed by atoms with Gasteiger partial charge >= 0.3 is 0 Å². The van der Waals surface area contributed by atoms with E-state index in [1.807, 2.05) is 0 Å². The lowest BCUT2D eigenvalue weighted by Crippen LogP contribution is -2.15. The maximum Gasteiger partial charge on any atom is 0.264 e. The zero-order chi connectivity index (χ0) is 14.9. The van der Waals surface area contributed by atoms with Crippen LogP contribution in [0.5, 0.6) is 0 Å². The van der Waals surface area contributed by atoms with Gasteiger partial charge in [0, 0.05) is 0 Å². The number of para-hydroxylation sites is 1. The van der Waals surface area contributed by atoms with Gasteiger partial charge in [-0.15, -0.1) is 0 Å². The van der Waals surface area contributed by atoms with Gasteiger partial charge in [-0.25, -0.2) is 17.2 Å². The number of sulfonamides is 1. The molecule has 0 spiro atoms. The summed E-state index contributed by atoms with van der Waals surface area (Å²) in [5.41, 5.74) is 4.84. The summed E-state index contributed by atoms with van der Waals surface area (Å²) in [6, 6.07) is 6.78. The van der Waals surface area contributed by atoms with Crippen LogP contribution in [0.3, 0.4) is 0 Å². The van der Waals surface area contributed by atoms with Gasteiger partial charge in [-0.1, -0.05) is 17.7 Å². The third-order valence-electron chi connectivity index (χ3n) is 2.47. The largest absolute Gasteiger partial charge is 0.395 e. The summed E-state index contributed by atoms with van der Waals surface area (Å²) < 4.78 is 52.7. The number of hydrogen-bond acceptors (Lipinski definition) is 3. The monoisotopic (exact) mass is 318 g/mol. The Hall–Kier alpha value is -1.86. The van der Waals surface area contributed by atoms with E-state index in [2.05, 4.69) is 4.72 Å². The molecule has 3 N–H and O–H groups in total. The standard InChI is InChI=1S/C12H9ClF2N2O2S/c13-8-5-4-7(6-10(8)15)17-20(18,19)11-3-1-2-9(14)12(11)16/h1-6,17H,16H2. The van der Waals surface area contributed by atoms with E-state index in [4.69, 9.17) is 17.3 Å². The van der Waals surface area contributed by atoms with Crippen LogP contribution >= 0.6 is 11.6 Å². The molecule has 0 radical (unpaired) electrons. The van der Waals surface area contributed by atoms with Crippen LogP contribution in [0.4, 0.5) is 20.2 Å². The van der Waals surface area contributed by atoms with Crippen molar-refractivity contribution in [3.63, 3.8) is 0 Å². The molecule has 2 aromatic rings. The fraction of sp³-hybridized carbons (Fsp3) is 0. The van der Waals surface area contributed by atoms with Crippen molar-refractivity contribution < 1.29 is 17.2 Å². The molecule has 0 aliphatic carbocycles. The second-order valence-electron chi connectivity index (χ2n) is 3.89. The van der Waals surface area contributed by atoms with Gasteiger partial charge in [0.15, 0.2) is 0 Å². The van der Waals surface area contributed by atoms with E-state index in [0.717, 1.165) is 18.2 Å². The third-order valence-corrected chi connectivity index (χ3v) is 4.22. The van der Waals surface area contributed by atoms with Crippen LogP contribution in [-0.4, -0.2) is 8.42 Å². The maximum atomic E-state index is 13.3. The molecule has 0 saturated carbocycles. The number of nitrogens with two attached hydrogens (primary N) is 1. The van der Waals surface area contributed by atoms with Crippen LogP contribution in [-0.2, 0) is 10.0 Å². The quantitative estimate of drug-likeness (QED) is 0.854. The highest BCUT2D eigenvalue weighted by Crippen LogP contribution is 2.25. The first-order valence-corrected chi connectivity index (χ1v) is 7.19. The summed E-state index contributed by atoms with van der Waals surface area (Å²) in [5, 5.41) is -0.141. The first-order valence-electron chi connectivity index (χ1n) is 5.33. The molecule has 0 fully saturated rings. The van der Waals surface area contributed by atoms with Crippen molar-refractivity contribution in [2.75, 3.05) is 10.5 Å². The van der Waals surface area contributed by atoms with Gasteiger partial charge in [0.25, 0.3) is 10.0 Å².